The molecule has 0 bridgehead atoms. The van der Waals surface area contributed by atoms with Gasteiger partial charge >= 0.3 is 0 Å². The van der Waals surface area contributed by atoms with Gasteiger partial charge in [0.15, 0.2) is 0 Å². The monoisotopic (exact) mass is 259 g/mol. The first-order chi connectivity index (χ1) is 9.31. The first-order valence-electron chi connectivity index (χ1n) is 7.47. The molecule has 3 rings (SSSR count). The number of aromatic nitrogens is 2. The number of likely N-dealkylation sites (tertiary alicyclic amines) is 1. The van der Waals surface area contributed by atoms with Crippen LogP contribution in [0.2, 0.25) is 0 Å². The van der Waals surface area contributed by atoms with Crippen LogP contribution in [0.4, 0.5) is 0 Å². The average Bonchev–Trinajstić information content (AvgIpc) is 2.83. The normalized spacial score (nSPS) is 18.2. The first kappa shape index (κ1) is 12.7. The predicted octanol–water partition coefficient (Wildman–Crippen LogP) is 3.47. The zero-order valence-electron chi connectivity index (χ0n) is 11.7. The van der Waals surface area contributed by atoms with Gasteiger partial charge in [-0.2, -0.15) is 0 Å². The Balaban J connectivity index is 0.00000147. The largest absolute Gasteiger partial charge is 0.342 e. The highest BCUT2D eigenvalue weighted by Gasteiger charge is 2.15. The van der Waals surface area contributed by atoms with E-state index in [0.717, 1.165) is 29.2 Å². The zero-order valence-corrected chi connectivity index (χ0v) is 11.7. The summed E-state index contributed by atoms with van der Waals surface area (Å²) in [5.74, 6) is 2.05. The molecule has 2 heterocycles. The lowest BCUT2D eigenvalue weighted by molar-refractivity contribution is 0.190. The van der Waals surface area contributed by atoms with Crippen molar-refractivity contribution in [3.8, 4) is 0 Å². The summed E-state index contributed by atoms with van der Waals surface area (Å²) in [6, 6.07) is 8.26. The van der Waals surface area contributed by atoms with Crippen LogP contribution in [-0.2, 0) is 6.42 Å². The van der Waals surface area contributed by atoms with E-state index in [1.165, 1.54) is 38.9 Å². The Labute approximate surface area is 116 Å². The van der Waals surface area contributed by atoms with Gasteiger partial charge in [0.05, 0.1) is 11.0 Å². The highest BCUT2D eigenvalue weighted by atomic mass is 15.1. The number of benzene rings is 1. The van der Waals surface area contributed by atoms with Gasteiger partial charge in [-0.25, -0.2) is 4.98 Å². The molecule has 3 heteroatoms. The Morgan fingerprint density at radius 3 is 2.89 bits per heavy atom. The molecule has 1 saturated heterocycles. The van der Waals surface area contributed by atoms with Gasteiger partial charge in [-0.1, -0.05) is 19.1 Å². The highest BCUT2D eigenvalue weighted by Crippen LogP contribution is 2.16. The second-order valence-corrected chi connectivity index (χ2v) is 5.83. The number of piperidine rings is 1. The number of rotatable bonds is 4. The van der Waals surface area contributed by atoms with Gasteiger partial charge in [0, 0.05) is 7.85 Å². The summed E-state index contributed by atoms with van der Waals surface area (Å²) >= 11 is 0. The molecule has 0 spiro atoms. The minimum absolute atomic E-state index is 0. The Bertz CT molecular complexity index is 496. The molecule has 19 heavy (non-hydrogen) atoms. The lowest BCUT2D eigenvalue weighted by Crippen LogP contribution is -2.33. The van der Waals surface area contributed by atoms with E-state index in [-0.39, 0.29) is 1.43 Å². The van der Waals surface area contributed by atoms with Crippen molar-refractivity contribution in [2.45, 2.75) is 32.6 Å². The number of aryl methyl sites for hydroxylation is 1. The zero-order chi connectivity index (χ0) is 13.1. The number of nitrogens with zero attached hydrogens (tertiary/aromatic N) is 2. The minimum atomic E-state index is 0. The maximum Gasteiger partial charge on any atom is 0.107 e. The molecular formula is C16H25N3. The lowest BCUT2D eigenvalue weighted by atomic mass is 9.99. The summed E-state index contributed by atoms with van der Waals surface area (Å²) in [5, 5.41) is 0. The summed E-state index contributed by atoms with van der Waals surface area (Å²) in [5.41, 5.74) is 2.24. The molecule has 104 valence electrons. The maximum absolute atomic E-state index is 4.63. The molecule has 1 fully saturated rings. The topological polar surface area (TPSA) is 31.9 Å². The molecular weight excluding hydrogens is 234 g/mol. The first-order valence-corrected chi connectivity index (χ1v) is 7.47. The van der Waals surface area contributed by atoms with Gasteiger partial charge in [0.2, 0.25) is 0 Å². The molecule has 0 unspecified atom stereocenters. The fourth-order valence-corrected chi connectivity index (χ4v) is 2.88. The van der Waals surface area contributed by atoms with Crippen LogP contribution < -0.4 is 0 Å². The van der Waals surface area contributed by atoms with Gasteiger partial charge in [-0.05, 0) is 56.9 Å². The predicted molar refractivity (Wildman–Crippen MR) is 81.4 cm³/mol. The van der Waals surface area contributed by atoms with E-state index in [9.17, 15) is 0 Å². The van der Waals surface area contributed by atoms with Gasteiger partial charge in [-0.3, -0.25) is 0 Å². The molecule has 0 atom stereocenters. The van der Waals surface area contributed by atoms with Gasteiger partial charge in [-0.15, -0.1) is 0 Å². The van der Waals surface area contributed by atoms with Gasteiger partial charge in [0.1, 0.15) is 5.82 Å². The van der Waals surface area contributed by atoms with Crippen LogP contribution in [0.1, 0.15) is 33.4 Å². The fourth-order valence-electron chi connectivity index (χ4n) is 2.88. The fraction of sp³-hybridized carbons (Fsp3) is 0.562. The second kappa shape index (κ2) is 5.74. The van der Waals surface area contributed by atoms with Gasteiger partial charge in [0.25, 0.3) is 0 Å². The number of fused-ring (bicyclic) bond motifs is 1. The van der Waals surface area contributed by atoms with Crippen LogP contribution in [-0.4, -0.2) is 34.5 Å². The SMILES string of the molecule is CC1CCN(CCCc2nc3ccccc3[nH]2)CC1.[HH]. The Kier molecular flexibility index (Phi) is 3.83. The van der Waals surface area contributed by atoms with E-state index in [2.05, 4.69) is 40.0 Å². The second-order valence-electron chi connectivity index (χ2n) is 5.83. The molecule has 0 saturated carbocycles. The van der Waals surface area contributed by atoms with Crippen LogP contribution in [0.15, 0.2) is 24.3 Å². The Hall–Kier alpha value is -1.35. The maximum atomic E-state index is 4.63. The summed E-state index contributed by atoms with van der Waals surface area (Å²) in [6.07, 6.45) is 4.99. The molecule has 1 aliphatic heterocycles. The summed E-state index contributed by atoms with van der Waals surface area (Å²) in [6.45, 7) is 6.14. The van der Waals surface area contributed by atoms with Crippen LogP contribution in [0, 0.1) is 5.92 Å². The third kappa shape index (κ3) is 3.16. The van der Waals surface area contributed by atoms with Gasteiger partial charge < -0.3 is 9.88 Å². The number of nitrogens with one attached hydrogen (secondary N) is 1. The smallest absolute Gasteiger partial charge is 0.107 e. The van der Waals surface area contributed by atoms with Crippen molar-refractivity contribution in [1.29, 1.82) is 0 Å². The standard InChI is InChI=1S/C16H23N3.H2/c1-13-8-11-19(12-9-13)10-4-7-16-17-14-5-2-3-6-15(14)18-16;/h2-3,5-6,13H,4,7-12H2,1H3,(H,17,18);1H. The molecule has 0 amide bonds. The quantitative estimate of drug-likeness (QED) is 0.911. The molecule has 1 aromatic heterocycles. The Morgan fingerprint density at radius 2 is 2.11 bits per heavy atom. The van der Waals surface area contributed by atoms with Crippen molar-refractivity contribution in [3.05, 3.63) is 30.1 Å². The van der Waals surface area contributed by atoms with E-state index >= 15 is 0 Å². The third-order valence-corrected chi connectivity index (χ3v) is 4.20. The van der Waals surface area contributed by atoms with Crippen molar-refractivity contribution in [3.63, 3.8) is 0 Å². The molecule has 2 aromatic rings. The van der Waals surface area contributed by atoms with E-state index in [1.807, 2.05) is 6.07 Å². The molecule has 0 radical (unpaired) electrons. The van der Waals surface area contributed by atoms with E-state index in [1.54, 1.807) is 0 Å². The number of imidazole rings is 1. The van der Waals surface area contributed by atoms with Crippen LogP contribution in [0.3, 0.4) is 0 Å². The number of hydrogen-bond donors (Lipinski definition) is 1. The van der Waals surface area contributed by atoms with Crippen molar-refractivity contribution >= 4 is 11.0 Å². The van der Waals surface area contributed by atoms with Crippen molar-refractivity contribution < 1.29 is 1.43 Å². The number of hydrogen-bond acceptors (Lipinski definition) is 2. The number of H-pyrrole nitrogens is 1. The molecule has 1 aromatic carbocycles. The number of aromatic amines is 1. The van der Waals surface area contributed by atoms with Crippen molar-refractivity contribution in [2.75, 3.05) is 19.6 Å². The van der Waals surface area contributed by atoms with E-state index in [4.69, 9.17) is 0 Å². The summed E-state index contributed by atoms with van der Waals surface area (Å²) in [7, 11) is 0. The van der Waals surface area contributed by atoms with E-state index in [0.29, 0.717) is 0 Å². The summed E-state index contributed by atoms with van der Waals surface area (Å²) < 4.78 is 0. The summed E-state index contributed by atoms with van der Waals surface area (Å²) in [4.78, 5) is 10.6. The van der Waals surface area contributed by atoms with Crippen LogP contribution in [0.5, 0.6) is 0 Å². The van der Waals surface area contributed by atoms with E-state index < -0.39 is 0 Å². The molecule has 1 N–H and O–H groups in total. The Morgan fingerprint density at radius 1 is 1.32 bits per heavy atom. The third-order valence-electron chi connectivity index (χ3n) is 4.20. The molecule has 0 aliphatic carbocycles. The van der Waals surface area contributed by atoms with Crippen LogP contribution >= 0.6 is 0 Å². The number of para-hydroxylation sites is 2. The molecule has 1 aliphatic rings. The highest BCUT2D eigenvalue weighted by molar-refractivity contribution is 5.74. The van der Waals surface area contributed by atoms with Crippen molar-refractivity contribution in [1.82, 2.24) is 14.9 Å². The molecule has 3 nitrogen and oxygen atoms in total. The lowest BCUT2D eigenvalue weighted by Gasteiger charge is -2.29. The van der Waals surface area contributed by atoms with Crippen molar-refractivity contribution in [2.24, 2.45) is 5.92 Å². The minimum Gasteiger partial charge on any atom is -0.342 e. The van der Waals surface area contributed by atoms with Crippen LogP contribution in [0.25, 0.3) is 11.0 Å². The average molecular weight is 259 g/mol.